The van der Waals surface area contributed by atoms with Crippen molar-refractivity contribution in [1.29, 1.82) is 0 Å². The number of hydrogen-bond donors (Lipinski definition) is 2. The van der Waals surface area contributed by atoms with E-state index in [0.717, 1.165) is 30.9 Å². The summed E-state index contributed by atoms with van der Waals surface area (Å²) in [6, 6.07) is 5.16. The maximum atomic E-state index is 11.0. The molecule has 5 nitrogen and oxygen atoms in total. The van der Waals surface area contributed by atoms with Gasteiger partial charge in [-0.05, 0) is 31.1 Å². The highest BCUT2D eigenvalue weighted by Crippen LogP contribution is 2.27. The van der Waals surface area contributed by atoms with Crippen molar-refractivity contribution in [2.45, 2.75) is 37.9 Å². The highest BCUT2D eigenvalue weighted by molar-refractivity contribution is 7.99. The third kappa shape index (κ3) is 5.12. The van der Waals surface area contributed by atoms with Crippen molar-refractivity contribution in [2.24, 2.45) is 0 Å². The molecule has 0 aliphatic carbocycles. The summed E-state index contributed by atoms with van der Waals surface area (Å²) in [4.78, 5) is 10.7. The van der Waals surface area contributed by atoms with Gasteiger partial charge in [0.25, 0.3) is 5.69 Å². The first-order valence-electron chi connectivity index (χ1n) is 7.58. The van der Waals surface area contributed by atoms with Crippen LogP contribution in [0.1, 0.15) is 32.6 Å². The van der Waals surface area contributed by atoms with Crippen molar-refractivity contribution in [3.8, 4) is 0 Å². The molecule has 1 aromatic carbocycles. The Morgan fingerprint density at radius 2 is 2.05 bits per heavy atom. The van der Waals surface area contributed by atoms with Crippen LogP contribution in [-0.2, 0) is 0 Å². The molecule has 1 fully saturated rings. The van der Waals surface area contributed by atoms with E-state index in [1.165, 1.54) is 25.0 Å². The van der Waals surface area contributed by atoms with Crippen molar-refractivity contribution in [3.63, 3.8) is 0 Å². The summed E-state index contributed by atoms with van der Waals surface area (Å²) < 4.78 is 0. The highest BCUT2D eigenvalue weighted by atomic mass is 32.2. The number of non-ortho nitro benzene ring substituents is 1. The van der Waals surface area contributed by atoms with Crippen LogP contribution in [0, 0.1) is 10.1 Å². The van der Waals surface area contributed by atoms with Gasteiger partial charge in [-0.3, -0.25) is 10.1 Å². The van der Waals surface area contributed by atoms with Crippen LogP contribution >= 0.6 is 11.8 Å². The molecular formula is C15H23N3O2S. The largest absolute Gasteiger partial charge is 0.385 e. The highest BCUT2D eigenvalue weighted by Gasteiger charge is 2.15. The Labute approximate surface area is 130 Å². The number of anilines is 2. The molecule has 1 unspecified atom stereocenters. The molecule has 2 rings (SSSR count). The third-order valence-corrected chi connectivity index (χ3v) is 4.91. The molecule has 0 bridgehead atoms. The van der Waals surface area contributed by atoms with Gasteiger partial charge in [-0.25, -0.2) is 0 Å². The fourth-order valence-corrected chi connectivity index (χ4v) is 3.63. The number of nitro groups is 1. The summed E-state index contributed by atoms with van der Waals surface area (Å²) in [5.41, 5.74) is 1.77. The van der Waals surface area contributed by atoms with Crippen LogP contribution in [0.2, 0.25) is 0 Å². The molecule has 0 spiro atoms. The second-order valence-electron chi connectivity index (χ2n) is 5.32. The van der Waals surface area contributed by atoms with E-state index >= 15 is 0 Å². The van der Waals surface area contributed by atoms with E-state index in [1.54, 1.807) is 12.1 Å². The zero-order chi connectivity index (χ0) is 15.1. The number of hydrogen-bond acceptors (Lipinski definition) is 5. The second kappa shape index (κ2) is 8.12. The molecule has 1 aromatic rings. The Bertz CT molecular complexity index is 476. The van der Waals surface area contributed by atoms with Crippen LogP contribution in [0.4, 0.5) is 17.1 Å². The molecule has 21 heavy (non-hydrogen) atoms. The van der Waals surface area contributed by atoms with Gasteiger partial charge in [-0.1, -0.05) is 13.3 Å². The van der Waals surface area contributed by atoms with Gasteiger partial charge in [0.15, 0.2) is 0 Å². The van der Waals surface area contributed by atoms with E-state index in [-0.39, 0.29) is 10.6 Å². The fraction of sp³-hybridized carbons (Fsp3) is 0.600. The predicted octanol–water partition coefficient (Wildman–Crippen LogP) is 4.11. The van der Waals surface area contributed by atoms with Crippen LogP contribution in [0.25, 0.3) is 0 Å². The Morgan fingerprint density at radius 1 is 1.29 bits per heavy atom. The van der Waals surface area contributed by atoms with E-state index in [2.05, 4.69) is 17.6 Å². The van der Waals surface area contributed by atoms with Crippen LogP contribution in [0.3, 0.4) is 0 Å². The monoisotopic (exact) mass is 309 g/mol. The van der Waals surface area contributed by atoms with Gasteiger partial charge in [-0.15, -0.1) is 0 Å². The van der Waals surface area contributed by atoms with E-state index in [1.807, 2.05) is 17.8 Å². The minimum absolute atomic E-state index is 0.134. The Balaban J connectivity index is 2.02. The normalized spacial score (nSPS) is 18.2. The first-order valence-corrected chi connectivity index (χ1v) is 8.62. The summed E-state index contributed by atoms with van der Waals surface area (Å²) in [6.45, 7) is 3.77. The van der Waals surface area contributed by atoms with Gasteiger partial charge in [0.2, 0.25) is 0 Å². The van der Waals surface area contributed by atoms with Crippen LogP contribution in [0.5, 0.6) is 0 Å². The standard InChI is InChI=1S/C15H23N3O2S/c1-2-6-16-12-8-13(10-14(9-12)18(19)20)17-11-15-5-3-4-7-21-15/h8-10,15-17H,2-7,11H2,1H3. The molecule has 1 aliphatic rings. The molecule has 116 valence electrons. The minimum Gasteiger partial charge on any atom is -0.385 e. The van der Waals surface area contributed by atoms with Crippen molar-refractivity contribution >= 4 is 28.8 Å². The lowest BCUT2D eigenvalue weighted by molar-refractivity contribution is -0.384. The van der Waals surface area contributed by atoms with Crippen LogP contribution in [0.15, 0.2) is 18.2 Å². The number of rotatable bonds is 7. The Kier molecular flexibility index (Phi) is 6.17. The lowest BCUT2D eigenvalue weighted by Crippen LogP contribution is -2.20. The van der Waals surface area contributed by atoms with E-state index in [9.17, 15) is 10.1 Å². The summed E-state index contributed by atoms with van der Waals surface area (Å²) in [5, 5.41) is 18.2. The van der Waals surface area contributed by atoms with Gasteiger partial charge < -0.3 is 10.6 Å². The van der Waals surface area contributed by atoms with Gasteiger partial charge in [0.05, 0.1) is 4.92 Å². The summed E-state index contributed by atoms with van der Waals surface area (Å²) >= 11 is 2.00. The predicted molar refractivity (Wildman–Crippen MR) is 90.5 cm³/mol. The summed E-state index contributed by atoms with van der Waals surface area (Å²) in [7, 11) is 0. The molecular weight excluding hydrogens is 286 g/mol. The van der Waals surface area contributed by atoms with Crippen molar-refractivity contribution in [1.82, 2.24) is 0 Å². The zero-order valence-electron chi connectivity index (χ0n) is 12.4. The molecule has 0 saturated carbocycles. The Morgan fingerprint density at radius 3 is 2.67 bits per heavy atom. The molecule has 1 heterocycles. The zero-order valence-corrected chi connectivity index (χ0v) is 13.2. The molecule has 0 radical (unpaired) electrons. The first kappa shape index (κ1) is 15.9. The minimum atomic E-state index is -0.336. The number of nitro benzene ring substituents is 1. The maximum Gasteiger partial charge on any atom is 0.273 e. The average molecular weight is 309 g/mol. The van der Waals surface area contributed by atoms with Crippen LogP contribution < -0.4 is 10.6 Å². The molecule has 0 aromatic heterocycles. The maximum absolute atomic E-state index is 11.0. The van der Waals surface area contributed by atoms with E-state index < -0.39 is 0 Å². The number of nitrogens with one attached hydrogen (secondary N) is 2. The molecule has 1 aliphatic heterocycles. The summed E-state index contributed by atoms with van der Waals surface area (Å²) in [5.74, 6) is 1.23. The van der Waals surface area contributed by atoms with Gasteiger partial charge in [0.1, 0.15) is 0 Å². The number of thioether (sulfide) groups is 1. The van der Waals surface area contributed by atoms with E-state index in [0.29, 0.717) is 5.25 Å². The molecule has 0 amide bonds. The number of benzene rings is 1. The second-order valence-corrected chi connectivity index (χ2v) is 6.73. The SMILES string of the molecule is CCCNc1cc(NCC2CCCCS2)cc([N+](=O)[O-])c1. The Hall–Kier alpha value is -1.43. The molecule has 2 N–H and O–H groups in total. The summed E-state index contributed by atoms with van der Waals surface area (Å²) in [6.07, 6.45) is 4.82. The van der Waals surface area contributed by atoms with Crippen molar-refractivity contribution < 1.29 is 4.92 Å². The fourth-order valence-electron chi connectivity index (χ4n) is 2.39. The lowest BCUT2D eigenvalue weighted by Gasteiger charge is -2.22. The van der Waals surface area contributed by atoms with Crippen LogP contribution in [-0.4, -0.2) is 29.0 Å². The van der Waals surface area contributed by atoms with Gasteiger partial charge >= 0.3 is 0 Å². The van der Waals surface area contributed by atoms with Gasteiger partial charge in [0, 0.05) is 41.8 Å². The number of nitrogens with zero attached hydrogens (tertiary/aromatic N) is 1. The smallest absolute Gasteiger partial charge is 0.273 e. The quantitative estimate of drug-likeness (QED) is 0.586. The topological polar surface area (TPSA) is 67.2 Å². The van der Waals surface area contributed by atoms with E-state index in [4.69, 9.17) is 0 Å². The van der Waals surface area contributed by atoms with Crippen molar-refractivity contribution in [3.05, 3.63) is 28.3 Å². The molecule has 1 saturated heterocycles. The first-order chi connectivity index (χ1) is 10.2. The lowest BCUT2D eigenvalue weighted by atomic mass is 10.2. The van der Waals surface area contributed by atoms with Crippen molar-refractivity contribution in [2.75, 3.05) is 29.5 Å². The van der Waals surface area contributed by atoms with Gasteiger partial charge in [-0.2, -0.15) is 11.8 Å². The third-order valence-electron chi connectivity index (χ3n) is 3.52. The molecule has 6 heteroatoms. The average Bonchev–Trinajstić information content (AvgIpc) is 2.51. The molecule has 1 atom stereocenters.